The van der Waals surface area contributed by atoms with E-state index >= 15 is 0 Å². The Morgan fingerprint density at radius 2 is 1.90 bits per heavy atom. The summed E-state index contributed by atoms with van der Waals surface area (Å²) in [4.78, 5) is 13.3. The van der Waals surface area contributed by atoms with Crippen LogP contribution in [0, 0.1) is 0 Å². The van der Waals surface area contributed by atoms with Crippen molar-refractivity contribution in [1.82, 2.24) is 9.59 Å². The van der Waals surface area contributed by atoms with E-state index in [0.29, 0.717) is 11.3 Å². The lowest BCUT2D eigenvalue weighted by molar-refractivity contribution is 0.0995. The Balaban J connectivity index is 1.95. The molecule has 3 nitrogen and oxygen atoms in total. The van der Waals surface area contributed by atoms with Crippen LogP contribution >= 0.6 is 11.5 Å². The molecule has 4 heteroatoms. The third kappa shape index (κ3) is 2.72. The largest absolute Gasteiger partial charge is 0.293 e. The lowest BCUT2D eigenvalue weighted by Gasteiger charge is -2.06. The first kappa shape index (κ1) is 13.9. The van der Waals surface area contributed by atoms with Gasteiger partial charge in [0.2, 0.25) is 0 Å². The van der Waals surface area contributed by atoms with Crippen molar-refractivity contribution in [2.45, 2.75) is 26.2 Å². The van der Waals surface area contributed by atoms with Crippen molar-refractivity contribution in [2.24, 2.45) is 0 Å². The number of rotatable bonds is 4. The third-order valence-corrected chi connectivity index (χ3v) is 4.33. The monoisotopic (exact) mass is 296 g/mol. The van der Waals surface area contributed by atoms with Gasteiger partial charge in [0.1, 0.15) is 4.88 Å². The average Bonchev–Trinajstić information content (AvgIpc) is 2.97. The van der Waals surface area contributed by atoms with Crippen LogP contribution in [0.4, 0.5) is 0 Å². The van der Waals surface area contributed by atoms with Crippen LogP contribution in [0.5, 0.6) is 0 Å². The van der Waals surface area contributed by atoms with Gasteiger partial charge >= 0.3 is 0 Å². The highest BCUT2D eigenvalue weighted by Crippen LogP contribution is 2.24. The van der Waals surface area contributed by atoms with E-state index in [4.69, 9.17) is 0 Å². The summed E-state index contributed by atoms with van der Waals surface area (Å²) in [6, 6.07) is 14.2. The highest BCUT2D eigenvalue weighted by Gasteiger charge is 2.19. The standard InChI is InChI=1S/C17H16N2OS/c1-11(2)16-17(21-19-18-16)15(20)10-13-8-5-7-12-6-3-4-9-14(12)13/h3-9,11H,10H2,1-2H3. The van der Waals surface area contributed by atoms with Gasteiger partial charge in [-0.25, -0.2) is 0 Å². The minimum Gasteiger partial charge on any atom is -0.293 e. The summed E-state index contributed by atoms with van der Waals surface area (Å²) in [5.74, 6) is 0.320. The van der Waals surface area contributed by atoms with Crippen LogP contribution in [0.15, 0.2) is 42.5 Å². The Bertz CT molecular complexity index is 787. The number of fused-ring (bicyclic) bond motifs is 1. The lowest BCUT2D eigenvalue weighted by atomic mass is 9.98. The Morgan fingerprint density at radius 1 is 1.14 bits per heavy atom. The van der Waals surface area contributed by atoms with E-state index < -0.39 is 0 Å². The quantitative estimate of drug-likeness (QED) is 0.676. The Kier molecular flexibility index (Phi) is 3.80. The molecular formula is C17H16N2OS. The van der Waals surface area contributed by atoms with Crippen molar-refractivity contribution < 1.29 is 4.79 Å². The highest BCUT2D eigenvalue weighted by molar-refractivity contribution is 7.08. The van der Waals surface area contributed by atoms with E-state index in [1.54, 1.807) is 0 Å². The first-order chi connectivity index (χ1) is 10.2. The maximum Gasteiger partial charge on any atom is 0.180 e. The Hall–Kier alpha value is -2.07. The number of aromatic nitrogens is 2. The summed E-state index contributed by atoms with van der Waals surface area (Å²) >= 11 is 1.20. The van der Waals surface area contributed by atoms with E-state index in [9.17, 15) is 4.79 Å². The van der Waals surface area contributed by atoms with Gasteiger partial charge in [-0.3, -0.25) is 4.79 Å². The van der Waals surface area contributed by atoms with Crippen molar-refractivity contribution in [3.8, 4) is 0 Å². The molecule has 3 aromatic rings. The van der Waals surface area contributed by atoms with Crippen LogP contribution in [-0.2, 0) is 6.42 Å². The number of hydrogen-bond donors (Lipinski definition) is 0. The predicted molar refractivity (Wildman–Crippen MR) is 86.0 cm³/mol. The van der Waals surface area contributed by atoms with Crippen LogP contribution in [0.1, 0.15) is 40.7 Å². The Morgan fingerprint density at radius 3 is 2.71 bits per heavy atom. The molecule has 0 fully saturated rings. The van der Waals surface area contributed by atoms with E-state index in [1.807, 2.05) is 38.1 Å². The minimum atomic E-state index is 0.102. The van der Waals surface area contributed by atoms with Crippen molar-refractivity contribution >= 4 is 28.1 Å². The van der Waals surface area contributed by atoms with Crippen LogP contribution in [0.25, 0.3) is 10.8 Å². The molecule has 0 saturated heterocycles. The molecule has 0 bridgehead atoms. The second-order valence-corrected chi connectivity index (χ2v) is 6.13. The predicted octanol–water partition coefficient (Wildman–Crippen LogP) is 4.24. The number of Topliss-reactive ketones (excluding diaryl/α,β-unsaturated/α-hetero) is 1. The molecule has 0 amide bonds. The zero-order valence-electron chi connectivity index (χ0n) is 12.0. The number of benzene rings is 2. The molecule has 0 radical (unpaired) electrons. The summed E-state index contributed by atoms with van der Waals surface area (Å²) in [6.45, 7) is 4.07. The van der Waals surface area contributed by atoms with Gasteiger partial charge in [0.15, 0.2) is 5.78 Å². The van der Waals surface area contributed by atoms with Crippen LogP contribution in [0.2, 0.25) is 0 Å². The minimum absolute atomic E-state index is 0.102. The number of carbonyl (C=O) groups is 1. The number of ketones is 1. The van der Waals surface area contributed by atoms with Crippen molar-refractivity contribution in [3.05, 3.63) is 58.6 Å². The zero-order valence-corrected chi connectivity index (χ0v) is 12.9. The molecule has 3 rings (SSSR count). The average molecular weight is 296 g/mol. The molecule has 21 heavy (non-hydrogen) atoms. The molecule has 0 atom stereocenters. The second-order valence-electron chi connectivity index (χ2n) is 5.38. The molecule has 106 valence electrons. The summed E-state index contributed by atoms with van der Waals surface area (Å²) in [5.41, 5.74) is 1.87. The molecule has 2 aromatic carbocycles. The second kappa shape index (κ2) is 5.74. The summed E-state index contributed by atoms with van der Waals surface area (Å²) < 4.78 is 3.94. The first-order valence-corrected chi connectivity index (χ1v) is 7.76. The fourth-order valence-corrected chi connectivity index (χ4v) is 3.22. The van der Waals surface area contributed by atoms with E-state index in [-0.39, 0.29) is 11.7 Å². The summed E-state index contributed by atoms with van der Waals surface area (Å²) in [6.07, 6.45) is 0.394. The molecule has 0 aliphatic heterocycles. The molecule has 1 aromatic heterocycles. The topological polar surface area (TPSA) is 42.9 Å². The fourth-order valence-electron chi connectivity index (χ4n) is 2.47. The maximum atomic E-state index is 12.6. The van der Waals surface area contributed by atoms with Gasteiger partial charge in [-0.1, -0.05) is 60.8 Å². The van der Waals surface area contributed by atoms with Gasteiger partial charge in [-0.05, 0) is 33.8 Å². The molecule has 0 aliphatic rings. The fraction of sp³-hybridized carbons (Fsp3) is 0.235. The maximum absolute atomic E-state index is 12.6. The molecule has 0 unspecified atom stereocenters. The van der Waals surface area contributed by atoms with E-state index in [1.165, 1.54) is 11.5 Å². The molecule has 0 saturated carbocycles. The lowest BCUT2D eigenvalue weighted by Crippen LogP contribution is -2.06. The molecule has 0 aliphatic carbocycles. The summed E-state index contributed by atoms with van der Waals surface area (Å²) in [5, 5.41) is 6.39. The SMILES string of the molecule is CC(C)c1nnsc1C(=O)Cc1cccc2ccccc12. The van der Waals surface area contributed by atoms with Gasteiger partial charge in [0.25, 0.3) is 0 Å². The van der Waals surface area contributed by atoms with E-state index in [0.717, 1.165) is 22.0 Å². The Labute approximate surface area is 127 Å². The number of carbonyl (C=O) groups excluding carboxylic acids is 1. The van der Waals surface area contributed by atoms with Crippen molar-refractivity contribution in [3.63, 3.8) is 0 Å². The van der Waals surface area contributed by atoms with Crippen LogP contribution in [-0.4, -0.2) is 15.4 Å². The van der Waals surface area contributed by atoms with Crippen LogP contribution in [0.3, 0.4) is 0 Å². The zero-order chi connectivity index (χ0) is 14.8. The first-order valence-electron chi connectivity index (χ1n) is 6.99. The van der Waals surface area contributed by atoms with Gasteiger partial charge in [-0.2, -0.15) is 0 Å². The number of nitrogens with zero attached hydrogens (tertiary/aromatic N) is 2. The molecule has 0 spiro atoms. The smallest absolute Gasteiger partial charge is 0.180 e. The summed E-state index contributed by atoms with van der Waals surface area (Å²) in [7, 11) is 0. The van der Waals surface area contributed by atoms with Crippen LogP contribution < -0.4 is 0 Å². The van der Waals surface area contributed by atoms with Crippen molar-refractivity contribution in [2.75, 3.05) is 0 Å². The molecular weight excluding hydrogens is 280 g/mol. The van der Waals surface area contributed by atoms with Crippen molar-refractivity contribution in [1.29, 1.82) is 0 Å². The van der Waals surface area contributed by atoms with Gasteiger partial charge in [0.05, 0.1) is 5.69 Å². The highest BCUT2D eigenvalue weighted by atomic mass is 32.1. The van der Waals surface area contributed by atoms with E-state index in [2.05, 4.69) is 27.8 Å². The third-order valence-electron chi connectivity index (χ3n) is 3.54. The normalized spacial score (nSPS) is 11.2. The number of hydrogen-bond acceptors (Lipinski definition) is 4. The molecule has 1 heterocycles. The molecule has 0 N–H and O–H groups in total. The van der Waals surface area contributed by atoms with Gasteiger partial charge in [0, 0.05) is 6.42 Å². The van der Waals surface area contributed by atoms with Gasteiger partial charge in [-0.15, -0.1) is 5.10 Å². The van der Waals surface area contributed by atoms with Gasteiger partial charge < -0.3 is 0 Å².